The first kappa shape index (κ1) is 18.2. The minimum Gasteiger partial charge on any atom is -0.487 e. The van der Waals surface area contributed by atoms with Gasteiger partial charge in [-0.2, -0.15) is 5.26 Å². The van der Waals surface area contributed by atoms with Gasteiger partial charge in [0, 0.05) is 0 Å². The van der Waals surface area contributed by atoms with Gasteiger partial charge >= 0.3 is 0 Å². The summed E-state index contributed by atoms with van der Waals surface area (Å²) in [6, 6.07) is 15.9. The van der Waals surface area contributed by atoms with Crippen LogP contribution in [0, 0.1) is 18.5 Å². The van der Waals surface area contributed by atoms with Crippen molar-refractivity contribution in [2.45, 2.75) is 6.61 Å². The number of halogens is 2. The highest BCUT2D eigenvalue weighted by atomic mass is 127. The second-order valence-electron chi connectivity index (χ2n) is 4.62. The maximum atomic E-state index is 9.05. The maximum absolute atomic E-state index is 9.05. The summed E-state index contributed by atoms with van der Waals surface area (Å²) in [4.78, 5) is 0.0990. The molecule has 0 radical (unpaired) electrons. The molecule has 0 aliphatic rings. The number of rotatable bonds is 5. The predicted molar refractivity (Wildman–Crippen MR) is 113 cm³/mol. The third-order valence-electron chi connectivity index (χ3n) is 2.94. The SMILES string of the molecule is N#C/C(=C\c1cc(I)c(OCc2ccccc2)c(I)c1)C(N)=S. The van der Waals surface area contributed by atoms with Gasteiger partial charge in [0.15, 0.2) is 0 Å². The number of benzene rings is 2. The zero-order valence-electron chi connectivity index (χ0n) is 11.9. The Kier molecular flexibility index (Phi) is 6.80. The van der Waals surface area contributed by atoms with Crippen LogP contribution in [0.4, 0.5) is 0 Å². The van der Waals surface area contributed by atoms with Crippen molar-refractivity contribution in [2.75, 3.05) is 0 Å². The molecule has 0 spiro atoms. The lowest BCUT2D eigenvalue weighted by atomic mass is 10.1. The van der Waals surface area contributed by atoms with Crippen LogP contribution in [0.5, 0.6) is 5.75 Å². The minimum absolute atomic E-state index is 0.0990. The second-order valence-corrected chi connectivity index (χ2v) is 7.39. The van der Waals surface area contributed by atoms with E-state index in [-0.39, 0.29) is 4.99 Å². The first-order valence-electron chi connectivity index (χ1n) is 6.58. The van der Waals surface area contributed by atoms with E-state index in [4.69, 9.17) is 28.0 Å². The molecule has 0 heterocycles. The number of nitrogens with two attached hydrogens (primary N) is 1. The smallest absolute Gasteiger partial charge is 0.146 e. The van der Waals surface area contributed by atoms with Gasteiger partial charge in [-0.3, -0.25) is 0 Å². The zero-order valence-corrected chi connectivity index (χ0v) is 17.1. The van der Waals surface area contributed by atoms with Crippen molar-refractivity contribution in [3.8, 4) is 11.8 Å². The van der Waals surface area contributed by atoms with Crippen LogP contribution in [0.15, 0.2) is 48.0 Å². The molecule has 116 valence electrons. The van der Waals surface area contributed by atoms with Crippen LogP contribution in [0.25, 0.3) is 6.08 Å². The van der Waals surface area contributed by atoms with Gasteiger partial charge < -0.3 is 10.5 Å². The van der Waals surface area contributed by atoms with Crippen LogP contribution in [-0.4, -0.2) is 4.99 Å². The summed E-state index contributed by atoms with van der Waals surface area (Å²) in [6.45, 7) is 0.512. The molecule has 0 saturated carbocycles. The van der Waals surface area contributed by atoms with Crippen molar-refractivity contribution in [3.05, 3.63) is 66.3 Å². The van der Waals surface area contributed by atoms with E-state index in [9.17, 15) is 0 Å². The van der Waals surface area contributed by atoms with E-state index in [0.29, 0.717) is 12.2 Å². The first-order chi connectivity index (χ1) is 11.0. The zero-order chi connectivity index (χ0) is 16.8. The Morgan fingerprint density at radius 1 is 1.22 bits per heavy atom. The van der Waals surface area contributed by atoms with Crippen LogP contribution in [0.2, 0.25) is 0 Å². The Morgan fingerprint density at radius 2 is 1.83 bits per heavy atom. The third kappa shape index (κ3) is 5.16. The molecule has 0 aromatic heterocycles. The molecule has 2 N–H and O–H groups in total. The average Bonchev–Trinajstić information content (AvgIpc) is 2.52. The Bertz CT molecular complexity index is 775. The summed E-state index contributed by atoms with van der Waals surface area (Å²) >= 11 is 9.31. The number of nitriles is 1. The van der Waals surface area contributed by atoms with Crippen molar-refractivity contribution in [1.82, 2.24) is 0 Å². The van der Waals surface area contributed by atoms with Gasteiger partial charge in [-0.25, -0.2) is 0 Å². The summed E-state index contributed by atoms with van der Waals surface area (Å²) in [5, 5.41) is 9.05. The fourth-order valence-electron chi connectivity index (χ4n) is 1.86. The van der Waals surface area contributed by atoms with E-state index in [1.165, 1.54) is 0 Å². The van der Waals surface area contributed by atoms with Crippen LogP contribution in [0.1, 0.15) is 11.1 Å². The number of thiocarbonyl (C=S) groups is 1. The maximum Gasteiger partial charge on any atom is 0.146 e. The molecule has 2 aromatic rings. The first-order valence-corrected chi connectivity index (χ1v) is 9.15. The molecule has 2 aromatic carbocycles. The van der Waals surface area contributed by atoms with Crippen molar-refractivity contribution >= 4 is 68.5 Å². The Morgan fingerprint density at radius 3 is 2.35 bits per heavy atom. The number of hydrogen-bond acceptors (Lipinski definition) is 3. The molecular formula is C17H12I2N2OS. The molecule has 0 bridgehead atoms. The van der Waals surface area contributed by atoms with Gasteiger partial charge in [-0.1, -0.05) is 42.5 Å². The van der Waals surface area contributed by atoms with Gasteiger partial charge in [-0.05, 0) is 74.5 Å². The summed E-state index contributed by atoms with van der Waals surface area (Å²) in [5.74, 6) is 0.834. The standard InChI is InChI=1S/C17H12I2N2OS/c18-14-7-12(6-13(9-20)17(21)23)8-15(19)16(14)22-10-11-4-2-1-3-5-11/h1-8H,10H2,(H2,21,23)/b13-6+. The summed E-state index contributed by atoms with van der Waals surface area (Å²) < 4.78 is 7.87. The van der Waals surface area contributed by atoms with E-state index in [1.54, 1.807) is 6.08 Å². The highest BCUT2D eigenvalue weighted by Crippen LogP contribution is 2.30. The fraction of sp³-hybridized carbons (Fsp3) is 0.0588. The lowest BCUT2D eigenvalue weighted by Crippen LogP contribution is -2.09. The van der Waals surface area contributed by atoms with Gasteiger partial charge in [0.2, 0.25) is 0 Å². The number of ether oxygens (including phenoxy) is 1. The Hall–Kier alpha value is -1.18. The molecular weight excluding hydrogens is 534 g/mol. The van der Waals surface area contributed by atoms with Crippen molar-refractivity contribution in [1.29, 1.82) is 5.26 Å². The molecule has 0 amide bonds. The number of hydrogen-bond donors (Lipinski definition) is 1. The van der Waals surface area contributed by atoms with Crippen molar-refractivity contribution in [3.63, 3.8) is 0 Å². The monoisotopic (exact) mass is 546 g/mol. The quantitative estimate of drug-likeness (QED) is 0.257. The Balaban J connectivity index is 2.24. The molecule has 6 heteroatoms. The van der Waals surface area contributed by atoms with E-state index in [2.05, 4.69) is 45.2 Å². The van der Waals surface area contributed by atoms with E-state index in [1.807, 2.05) is 48.5 Å². The normalized spacial score (nSPS) is 10.9. The summed E-state index contributed by atoms with van der Waals surface area (Å²) in [6.07, 6.45) is 1.69. The van der Waals surface area contributed by atoms with Crippen molar-refractivity contribution in [2.24, 2.45) is 5.73 Å². The molecule has 3 nitrogen and oxygen atoms in total. The molecule has 0 saturated heterocycles. The summed E-state index contributed by atoms with van der Waals surface area (Å²) in [7, 11) is 0. The molecule has 0 fully saturated rings. The van der Waals surface area contributed by atoms with Gasteiger partial charge in [-0.15, -0.1) is 0 Å². The predicted octanol–water partition coefficient (Wildman–Crippen LogP) is 4.67. The van der Waals surface area contributed by atoms with E-state index in [0.717, 1.165) is 24.0 Å². The highest BCUT2D eigenvalue weighted by Gasteiger charge is 2.10. The lowest BCUT2D eigenvalue weighted by molar-refractivity contribution is 0.302. The van der Waals surface area contributed by atoms with Gasteiger partial charge in [0.25, 0.3) is 0 Å². The van der Waals surface area contributed by atoms with E-state index >= 15 is 0 Å². The van der Waals surface area contributed by atoms with Crippen molar-refractivity contribution < 1.29 is 4.74 Å². The van der Waals surface area contributed by atoms with Gasteiger partial charge in [0.05, 0.1) is 12.7 Å². The van der Waals surface area contributed by atoms with Crippen LogP contribution < -0.4 is 10.5 Å². The van der Waals surface area contributed by atoms with Crippen LogP contribution in [-0.2, 0) is 6.61 Å². The molecule has 2 rings (SSSR count). The largest absolute Gasteiger partial charge is 0.487 e. The lowest BCUT2D eigenvalue weighted by Gasteiger charge is -2.11. The molecule has 0 aliphatic carbocycles. The topological polar surface area (TPSA) is 59.0 Å². The fourth-order valence-corrected chi connectivity index (χ4v) is 4.09. The molecule has 23 heavy (non-hydrogen) atoms. The summed E-state index contributed by atoms with van der Waals surface area (Å²) in [5.41, 5.74) is 7.81. The minimum atomic E-state index is 0.0990. The van der Waals surface area contributed by atoms with E-state index < -0.39 is 0 Å². The second kappa shape index (κ2) is 8.61. The van der Waals surface area contributed by atoms with Crippen LogP contribution in [0.3, 0.4) is 0 Å². The Labute approximate surface area is 167 Å². The molecule has 0 atom stereocenters. The third-order valence-corrected chi connectivity index (χ3v) is 4.77. The highest BCUT2D eigenvalue weighted by molar-refractivity contribution is 14.1. The van der Waals surface area contributed by atoms with Gasteiger partial charge in [0.1, 0.15) is 23.4 Å². The number of nitrogens with zero attached hydrogens (tertiary/aromatic N) is 1. The average molecular weight is 546 g/mol. The molecule has 0 aliphatic heterocycles. The molecule has 0 unspecified atom stereocenters. The van der Waals surface area contributed by atoms with Crippen LogP contribution >= 0.6 is 57.4 Å².